The maximum absolute atomic E-state index is 14.5. The maximum atomic E-state index is 14.5. The van der Waals surface area contributed by atoms with Crippen molar-refractivity contribution in [3.63, 3.8) is 0 Å². The van der Waals surface area contributed by atoms with Gasteiger partial charge >= 0.3 is 0 Å². The fraction of sp³-hybridized carbons (Fsp3) is 0.385. The van der Waals surface area contributed by atoms with Crippen molar-refractivity contribution in [2.45, 2.75) is 32.8 Å². The van der Waals surface area contributed by atoms with Gasteiger partial charge in [0.2, 0.25) is 0 Å². The number of benzene rings is 2. The number of aryl methyl sites for hydroxylation is 1. The second-order valence-corrected chi connectivity index (χ2v) is 8.42. The molecule has 32 heavy (non-hydrogen) atoms. The third kappa shape index (κ3) is 5.14. The minimum atomic E-state index is -0.339. The molecule has 1 N–H and O–H groups in total. The number of hydrogen-bond donors (Lipinski definition) is 1. The Labute approximate surface area is 189 Å². The van der Waals surface area contributed by atoms with Crippen LogP contribution >= 0.6 is 0 Å². The average Bonchev–Trinajstić information content (AvgIpc) is 2.81. The number of hydrogen-bond acceptors (Lipinski definition) is 5. The molecule has 4 rings (SSSR count). The molecule has 0 spiro atoms. The molecule has 0 radical (unpaired) electrons. The van der Waals surface area contributed by atoms with E-state index in [1.807, 2.05) is 49.4 Å². The maximum Gasteiger partial charge on any atom is 0.161 e. The number of anilines is 1. The Morgan fingerprint density at radius 2 is 1.66 bits per heavy atom. The van der Waals surface area contributed by atoms with E-state index in [0.29, 0.717) is 24.4 Å². The fourth-order valence-corrected chi connectivity index (χ4v) is 4.32. The van der Waals surface area contributed by atoms with Gasteiger partial charge in [0.05, 0.1) is 6.10 Å². The molecule has 0 unspecified atom stereocenters. The average molecular weight is 435 g/mol. The number of nitrogens with zero attached hydrogens (tertiary/aromatic N) is 4. The Balaban J connectivity index is 1.73. The first kappa shape index (κ1) is 22.4. The number of aliphatic hydroxyl groups excluding tert-OH is 1. The van der Waals surface area contributed by atoms with Crippen LogP contribution in [-0.2, 0) is 12.8 Å². The Kier molecular flexibility index (Phi) is 7.12. The van der Waals surface area contributed by atoms with Crippen molar-refractivity contribution in [1.29, 1.82) is 0 Å². The smallest absolute Gasteiger partial charge is 0.161 e. The summed E-state index contributed by atoms with van der Waals surface area (Å²) in [7, 11) is 0. The molecule has 1 atom stereocenters. The van der Waals surface area contributed by atoms with Gasteiger partial charge in [-0.15, -0.1) is 0 Å². The van der Waals surface area contributed by atoms with Gasteiger partial charge in [-0.05, 0) is 25.0 Å². The zero-order valence-electron chi connectivity index (χ0n) is 18.8. The minimum absolute atomic E-state index is 0.200. The molecule has 3 aromatic rings. The molecule has 0 saturated carbocycles. The predicted octanol–water partition coefficient (Wildman–Crippen LogP) is 3.94. The van der Waals surface area contributed by atoms with Crippen LogP contribution in [0.15, 0.2) is 54.6 Å². The molecule has 1 aromatic heterocycles. The molecule has 2 heterocycles. The van der Waals surface area contributed by atoms with E-state index in [9.17, 15) is 9.50 Å². The number of β-amino-alcohol motifs (C(OH)–C–C–N with tert-alkyl or cyclic N) is 1. The molecule has 5 nitrogen and oxygen atoms in total. The molecule has 0 bridgehead atoms. The second-order valence-electron chi connectivity index (χ2n) is 8.42. The molecule has 1 saturated heterocycles. The van der Waals surface area contributed by atoms with Gasteiger partial charge in [-0.2, -0.15) is 0 Å². The van der Waals surface area contributed by atoms with Crippen molar-refractivity contribution >= 4 is 5.82 Å². The Morgan fingerprint density at radius 3 is 2.31 bits per heavy atom. The quantitative estimate of drug-likeness (QED) is 0.611. The van der Waals surface area contributed by atoms with Crippen LogP contribution in [0.25, 0.3) is 11.4 Å². The molecule has 2 aromatic carbocycles. The van der Waals surface area contributed by atoms with Gasteiger partial charge in [-0.3, -0.25) is 4.90 Å². The fourth-order valence-electron chi connectivity index (χ4n) is 4.32. The van der Waals surface area contributed by atoms with Gasteiger partial charge in [0, 0.05) is 56.0 Å². The molecule has 0 aliphatic carbocycles. The first-order valence-electron chi connectivity index (χ1n) is 11.4. The summed E-state index contributed by atoms with van der Waals surface area (Å²) in [5.74, 6) is 1.41. The van der Waals surface area contributed by atoms with Crippen LogP contribution < -0.4 is 4.90 Å². The Hall–Kier alpha value is -2.83. The number of halogens is 1. The van der Waals surface area contributed by atoms with E-state index >= 15 is 0 Å². The number of rotatable bonds is 7. The van der Waals surface area contributed by atoms with Crippen molar-refractivity contribution in [3.8, 4) is 11.4 Å². The molecule has 6 heteroatoms. The molecular formula is C26H31FN4O. The highest BCUT2D eigenvalue weighted by Crippen LogP contribution is 2.29. The van der Waals surface area contributed by atoms with Gasteiger partial charge in [0.1, 0.15) is 11.6 Å². The van der Waals surface area contributed by atoms with E-state index in [0.717, 1.165) is 55.2 Å². The van der Waals surface area contributed by atoms with Gasteiger partial charge < -0.3 is 10.0 Å². The summed E-state index contributed by atoms with van der Waals surface area (Å²) >= 11 is 0. The summed E-state index contributed by atoms with van der Waals surface area (Å²) in [6.07, 6.45) is 0.878. The van der Waals surface area contributed by atoms with Crippen LogP contribution in [0, 0.1) is 5.82 Å². The normalized spacial score (nSPS) is 15.7. The van der Waals surface area contributed by atoms with Crippen molar-refractivity contribution in [2.75, 3.05) is 37.6 Å². The van der Waals surface area contributed by atoms with E-state index in [1.165, 1.54) is 6.07 Å². The van der Waals surface area contributed by atoms with Gasteiger partial charge in [0.25, 0.3) is 0 Å². The lowest BCUT2D eigenvalue weighted by atomic mass is 10.0. The van der Waals surface area contributed by atoms with E-state index in [4.69, 9.17) is 9.97 Å². The van der Waals surface area contributed by atoms with Crippen LogP contribution in [0.4, 0.5) is 10.2 Å². The lowest BCUT2D eigenvalue weighted by Gasteiger charge is -2.37. The van der Waals surface area contributed by atoms with Gasteiger partial charge in [-0.25, -0.2) is 14.4 Å². The van der Waals surface area contributed by atoms with Gasteiger partial charge in [0.15, 0.2) is 5.82 Å². The van der Waals surface area contributed by atoms with Crippen molar-refractivity contribution in [2.24, 2.45) is 0 Å². The summed E-state index contributed by atoms with van der Waals surface area (Å²) in [6, 6.07) is 17.0. The van der Waals surface area contributed by atoms with Crippen LogP contribution in [0.5, 0.6) is 0 Å². The molecule has 1 fully saturated rings. The second kappa shape index (κ2) is 10.2. The summed E-state index contributed by atoms with van der Waals surface area (Å²) in [5, 5.41) is 9.74. The Morgan fingerprint density at radius 1 is 0.969 bits per heavy atom. The zero-order chi connectivity index (χ0) is 22.5. The molecule has 0 amide bonds. The highest BCUT2D eigenvalue weighted by Gasteiger charge is 2.24. The third-order valence-corrected chi connectivity index (χ3v) is 5.96. The van der Waals surface area contributed by atoms with Crippen molar-refractivity contribution in [1.82, 2.24) is 14.9 Å². The SMILES string of the molecule is CCc1nc(-c2ccccc2)nc(N2CCN(C[C@H](C)O)CC2)c1Cc1ccccc1F. The third-order valence-electron chi connectivity index (χ3n) is 5.96. The van der Waals surface area contributed by atoms with Crippen molar-refractivity contribution < 1.29 is 9.50 Å². The van der Waals surface area contributed by atoms with E-state index < -0.39 is 0 Å². The largest absolute Gasteiger partial charge is 0.392 e. The number of aliphatic hydroxyl groups is 1. The van der Waals surface area contributed by atoms with Crippen LogP contribution in [0.3, 0.4) is 0 Å². The van der Waals surface area contributed by atoms with Crippen LogP contribution in [0.2, 0.25) is 0 Å². The predicted molar refractivity (Wildman–Crippen MR) is 126 cm³/mol. The molecular weight excluding hydrogens is 403 g/mol. The van der Waals surface area contributed by atoms with Crippen LogP contribution in [-0.4, -0.2) is 58.8 Å². The molecule has 1 aliphatic rings. The highest BCUT2D eigenvalue weighted by atomic mass is 19.1. The topological polar surface area (TPSA) is 52.5 Å². The van der Waals surface area contributed by atoms with Crippen molar-refractivity contribution in [3.05, 3.63) is 77.2 Å². The minimum Gasteiger partial charge on any atom is -0.392 e. The zero-order valence-corrected chi connectivity index (χ0v) is 18.8. The standard InChI is InChI=1S/C26H31FN4O/c1-3-24-22(17-21-11-7-8-12-23(21)27)26(29-25(28-24)20-9-5-4-6-10-20)31-15-13-30(14-16-31)18-19(2)32/h4-12,19,32H,3,13-18H2,1-2H3/t19-/m0/s1. The monoisotopic (exact) mass is 434 g/mol. The van der Waals surface area contributed by atoms with E-state index in [-0.39, 0.29) is 11.9 Å². The summed E-state index contributed by atoms with van der Waals surface area (Å²) in [5.41, 5.74) is 3.60. The summed E-state index contributed by atoms with van der Waals surface area (Å²) in [4.78, 5) is 14.5. The highest BCUT2D eigenvalue weighted by molar-refractivity contribution is 5.61. The number of piperazine rings is 1. The summed E-state index contributed by atoms with van der Waals surface area (Å²) < 4.78 is 14.5. The summed E-state index contributed by atoms with van der Waals surface area (Å²) in [6.45, 7) is 7.92. The lowest BCUT2D eigenvalue weighted by Crippen LogP contribution is -2.49. The molecule has 168 valence electrons. The van der Waals surface area contributed by atoms with Crippen LogP contribution in [0.1, 0.15) is 30.7 Å². The molecule has 1 aliphatic heterocycles. The first-order chi connectivity index (χ1) is 15.5. The van der Waals surface area contributed by atoms with E-state index in [1.54, 1.807) is 6.07 Å². The first-order valence-corrected chi connectivity index (χ1v) is 11.4. The van der Waals surface area contributed by atoms with E-state index in [2.05, 4.69) is 16.7 Å². The Bertz CT molecular complexity index is 1030. The van der Waals surface area contributed by atoms with Gasteiger partial charge in [-0.1, -0.05) is 55.5 Å². The number of aromatic nitrogens is 2. The lowest BCUT2D eigenvalue weighted by molar-refractivity contribution is 0.122.